The van der Waals surface area contributed by atoms with Gasteiger partial charge in [-0.2, -0.15) is 5.10 Å². The molecule has 4 nitrogen and oxygen atoms in total. The van der Waals surface area contributed by atoms with Crippen molar-refractivity contribution in [2.24, 2.45) is 0 Å². The zero-order chi connectivity index (χ0) is 13.8. The van der Waals surface area contributed by atoms with E-state index in [1.807, 2.05) is 0 Å². The molecule has 0 radical (unpaired) electrons. The molecule has 0 spiro atoms. The van der Waals surface area contributed by atoms with E-state index in [4.69, 9.17) is 9.84 Å². The number of hydrogen-bond acceptors (Lipinski definition) is 3. The molecule has 20 heavy (non-hydrogen) atoms. The molecule has 1 N–H and O–H groups in total. The maximum absolute atomic E-state index is 5.50. The lowest BCUT2D eigenvalue weighted by Gasteiger charge is -2.23. The van der Waals surface area contributed by atoms with Gasteiger partial charge >= 0.3 is 0 Å². The second-order valence-corrected chi connectivity index (χ2v) is 6.08. The standard InChI is InChI=1S/C16H25N3O/c1-13(11-15-12-20-9-7-17-15)10-14-6-8-19(18-14)16-4-2-3-5-16/h6,8,10,15-17H,2-5,7,9,11-12H2,1H3/b13-10-. The second kappa shape index (κ2) is 6.55. The van der Waals surface area contributed by atoms with Gasteiger partial charge in [0.1, 0.15) is 0 Å². The SMILES string of the molecule is C/C(=C/c1ccn(C2CCCC2)n1)CC1COCCN1. The van der Waals surface area contributed by atoms with E-state index in [1.165, 1.54) is 31.3 Å². The van der Waals surface area contributed by atoms with Crippen LogP contribution < -0.4 is 5.32 Å². The molecule has 1 aromatic rings. The first-order chi connectivity index (χ1) is 9.81. The number of morpholine rings is 1. The molecule has 2 heterocycles. The Morgan fingerprint density at radius 1 is 1.50 bits per heavy atom. The highest BCUT2D eigenvalue weighted by Crippen LogP contribution is 2.28. The minimum Gasteiger partial charge on any atom is -0.379 e. The molecule has 1 aromatic heterocycles. The lowest BCUT2D eigenvalue weighted by Crippen LogP contribution is -2.41. The van der Waals surface area contributed by atoms with E-state index in [-0.39, 0.29) is 0 Å². The maximum Gasteiger partial charge on any atom is 0.0850 e. The third-order valence-corrected chi connectivity index (χ3v) is 4.29. The molecule has 1 unspecified atom stereocenters. The first kappa shape index (κ1) is 13.8. The molecule has 0 aromatic carbocycles. The van der Waals surface area contributed by atoms with Crippen molar-refractivity contribution in [3.05, 3.63) is 23.5 Å². The van der Waals surface area contributed by atoms with E-state index in [9.17, 15) is 0 Å². The van der Waals surface area contributed by atoms with Crippen molar-refractivity contribution >= 4 is 6.08 Å². The Hall–Kier alpha value is -1.13. The van der Waals surface area contributed by atoms with E-state index < -0.39 is 0 Å². The van der Waals surface area contributed by atoms with Crippen LogP contribution in [0.2, 0.25) is 0 Å². The van der Waals surface area contributed by atoms with E-state index in [1.54, 1.807) is 0 Å². The summed E-state index contributed by atoms with van der Waals surface area (Å²) in [7, 11) is 0. The average Bonchev–Trinajstić information content (AvgIpc) is 3.10. The van der Waals surface area contributed by atoms with Gasteiger partial charge in [-0.15, -0.1) is 0 Å². The van der Waals surface area contributed by atoms with Crippen LogP contribution in [-0.4, -0.2) is 35.6 Å². The summed E-state index contributed by atoms with van der Waals surface area (Å²) < 4.78 is 7.66. The van der Waals surface area contributed by atoms with Crippen LogP contribution in [0.4, 0.5) is 0 Å². The van der Waals surface area contributed by atoms with Crippen molar-refractivity contribution in [3.8, 4) is 0 Å². The van der Waals surface area contributed by atoms with Crippen LogP contribution in [0.3, 0.4) is 0 Å². The van der Waals surface area contributed by atoms with Gasteiger partial charge < -0.3 is 10.1 Å². The summed E-state index contributed by atoms with van der Waals surface area (Å²) in [5, 5.41) is 8.21. The molecule has 2 aliphatic rings. The van der Waals surface area contributed by atoms with Crippen LogP contribution in [0.1, 0.15) is 50.8 Å². The number of ether oxygens (including phenoxy) is 1. The van der Waals surface area contributed by atoms with E-state index in [0.29, 0.717) is 12.1 Å². The monoisotopic (exact) mass is 275 g/mol. The summed E-state index contributed by atoms with van der Waals surface area (Å²) in [6.07, 6.45) is 10.7. The molecular formula is C16H25N3O. The Balaban J connectivity index is 1.59. The Kier molecular flexibility index (Phi) is 4.53. The minimum atomic E-state index is 0.455. The van der Waals surface area contributed by atoms with Crippen LogP contribution >= 0.6 is 0 Å². The number of rotatable bonds is 4. The number of nitrogens with one attached hydrogen (secondary N) is 1. The van der Waals surface area contributed by atoms with Gasteiger partial charge in [0.15, 0.2) is 0 Å². The van der Waals surface area contributed by atoms with E-state index >= 15 is 0 Å². The normalized spacial score (nSPS) is 25.2. The van der Waals surface area contributed by atoms with Crippen LogP contribution in [0.15, 0.2) is 17.8 Å². The quantitative estimate of drug-likeness (QED) is 0.918. The Morgan fingerprint density at radius 2 is 2.35 bits per heavy atom. The number of hydrogen-bond donors (Lipinski definition) is 1. The van der Waals surface area contributed by atoms with Gasteiger partial charge in [0.25, 0.3) is 0 Å². The van der Waals surface area contributed by atoms with Crippen molar-refractivity contribution in [2.45, 2.75) is 51.1 Å². The van der Waals surface area contributed by atoms with E-state index in [2.05, 4.69) is 35.3 Å². The zero-order valence-corrected chi connectivity index (χ0v) is 12.3. The summed E-state index contributed by atoms with van der Waals surface area (Å²) in [6, 6.07) is 3.22. The Bertz CT molecular complexity index is 454. The van der Waals surface area contributed by atoms with Crippen LogP contribution in [0, 0.1) is 0 Å². The molecule has 110 valence electrons. The molecule has 1 saturated heterocycles. The number of nitrogens with zero attached hydrogens (tertiary/aromatic N) is 2. The van der Waals surface area contributed by atoms with Gasteiger partial charge in [-0.1, -0.05) is 18.4 Å². The lowest BCUT2D eigenvalue weighted by atomic mass is 10.1. The second-order valence-electron chi connectivity index (χ2n) is 6.08. The van der Waals surface area contributed by atoms with Gasteiger partial charge in [-0.3, -0.25) is 4.68 Å². The summed E-state index contributed by atoms with van der Waals surface area (Å²) in [5.74, 6) is 0. The summed E-state index contributed by atoms with van der Waals surface area (Å²) >= 11 is 0. The third-order valence-electron chi connectivity index (χ3n) is 4.29. The first-order valence-corrected chi connectivity index (χ1v) is 7.85. The lowest BCUT2D eigenvalue weighted by molar-refractivity contribution is 0.0771. The fourth-order valence-electron chi connectivity index (χ4n) is 3.25. The molecule has 1 aliphatic carbocycles. The third kappa shape index (κ3) is 3.49. The topological polar surface area (TPSA) is 39.1 Å². The highest BCUT2D eigenvalue weighted by Gasteiger charge is 2.17. The Morgan fingerprint density at radius 3 is 3.10 bits per heavy atom. The maximum atomic E-state index is 5.50. The first-order valence-electron chi connectivity index (χ1n) is 7.85. The largest absolute Gasteiger partial charge is 0.379 e. The predicted octanol–water partition coefficient (Wildman–Crippen LogP) is 2.78. The molecule has 0 amide bonds. The fraction of sp³-hybridized carbons (Fsp3) is 0.688. The summed E-state index contributed by atoms with van der Waals surface area (Å²) in [5.41, 5.74) is 2.45. The van der Waals surface area contributed by atoms with Gasteiger partial charge in [-0.05, 0) is 38.3 Å². The molecular weight excluding hydrogens is 250 g/mol. The van der Waals surface area contributed by atoms with Crippen molar-refractivity contribution < 1.29 is 4.74 Å². The minimum absolute atomic E-state index is 0.455. The van der Waals surface area contributed by atoms with Gasteiger partial charge in [0.05, 0.1) is 24.9 Å². The van der Waals surface area contributed by atoms with Crippen molar-refractivity contribution in [3.63, 3.8) is 0 Å². The molecule has 2 fully saturated rings. The zero-order valence-electron chi connectivity index (χ0n) is 12.3. The highest BCUT2D eigenvalue weighted by molar-refractivity contribution is 5.47. The molecule has 0 bridgehead atoms. The molecule has 4 heteroatoms. The average molecular weight is 275 g/mol. The van der Waals surface area contributed by atoms with Crippen LogP contribution in [0.5, 0.6) is 0 Å². The highest BCUT2D eigenvalue weighted by atomic mass is 16.5. The van der Waals surface area contributed by atoms with Gasteiger partial charge in [0, 0.05) is 18.8 Å². The summed E-state index contributed by atoms with van der Waals surface area (Å²) in [4.78, 5) is 0. The smallest absolute Gasteiger partial charge is 0.0850 e. The predicted molar refractivity (Wildman–Crippen MR) is 80.6 cm³/mol. The summed E-state index contributed by atoms with van der Waals surface area (Å²) in [6.45, 7) is 4.81. The van der Waals surface area contributed by atoms with Crippen LogP contribution in [0.25, 0.3) is 6.08 Å². The fourth-order valence-corrected chi connectivity index (χ4v) is 3.25. The molecule has 1 atom stereocenters. The van der Waals surface area contributed by atoms with Gasteiger partial charge in [0.2, 0.25) is 0 Å². The van der Waals surface area contributed by atoms with E-state index in [0.717, 1.165) is 31.9 Å². The Labute approximate surface area is 121 Å². The van der Waals surface area contributed by atoms with Gasteiger partial charge in [-0.25, -0.2) is 0 Å². The molecule has 3 rings (SSSR count). The van der Waals surface area contributed by atoms with Crippen molar-refractivity contribution in [2.75, 3.05) is 19.8 Å². The molecule has 1 aliphatic heterocycles. The number of aromatic nitrogens is 2. The van der Waals surface area contributed by atoms with Crippen molar-refractivity contribution in [1.82, 2.24) is 15.1 Å². The van der Waals surface area contributed by atoms with Crippen molar-refractivity contribution in [1.29, 1.82) is 0 Å². The van der Waals surface area contributed by atoms with Crippen LogP contribution in [-0.2, 0) is 4.74 Å². The molecule has 1 saturated carbocycles.